The van der Waals surface area contributed by atoms with Crippen LogP contribution in [0.3, 0.4) is 0 Å². The van der Waals surface area contributed by atoms with Gasteiger partial charge in [-0.05, 0) is 23.8 Å². The van der Waals surface area contributed by atoms with E-state index in [2.05, 4.69) is 11.2 Å². The van der Waals surface area contributed by atoms with Gasteiger partial charge >= 0.3 is 0 Å². The van der Waals surface area contributed by atoms with Crippen LogP contribution < -0.4 is 5.32 Å². The molecule has 0 unspecified atom stereocenters. The van der Waals surface area contributed by atoms with Gasteiger partial charge in [0.2, 0.25) is 0 Å². The van der Waals surface area contributed by atoms with Crippen LogP contribution in [0.4, 0.5) is 4.39 Å². The molecule has 1 aromatic carbocycles. The van der Waals surface area contributed by atoms with Crippen molar-refractivity contribution in [2.75, 3.05) is 6.54 Å². The van der Waals surface area contributed by atoms with E-state index in [1.54, 1.807) is 0 Å². The third-order valence-corrected chi connectivity index (χ3v) is 1.73. The van der Waals surface area contributed by atoms with Crippen molar-refractivity contribution in [1.82, 2.24) is 5.32 Å². The maximum atomic E-state index is 12.8. The molecule has 0 spiro atoms. The molecule has 0 aliphatic carbocycles. The molecule has 0 amide bonds. The minimum atomic E-state index is -0.346. The molecule has 14 heavy (non-hydrogen) atoms. The minimum absolute atomic E-state index is 0.346. The van der Waals surface area contributed by atoms with Crippen molar-refractivity contribution >= 4 is 0 Å². The topological polar surface area (TPSA) is 35.8 Å². The summed E-state index contributed by atoms with van der Waals surface area (Å²) in [5.74, 6) is 2.06. The van der Waals surface area contributed by atoms with E-state index >= 15 is 0 Å². The first kappa shape index (κ1) is 10.2. The first-order chi connectivity index (χ1) is 6.77. The van der Waals surface area contributed by atoms with Crippen molar-refractivity contribution in [3.05, 3.63) is 35.1 Å². The molecule has 0 radical (unpaired) electrons. The first-order valence-electron chi connectivity index (χ1n) is 4.10. The fourth-order valence-corrected chi connectivity index (χ4v) is 1.09. The summed E-state index contributed by atoms with van der Waals surface area (Å²) in [6, 6.07) is 6.05. The molecule has 1 rings (SSSR count). The van der Waals surface area contributed by atoms with Crippen molar-refractivity contribution in [2.45, 2.75) is 6.54 Å². The van der Waals surface area contributed by atoms with Crippen LogP contribution in [-0.2, 0) is 6.54 Å². The van der Waals surface area contributed by atoms with Gasteiger partial charge in [-0.15, -0.1) is 6.42 Å². The molecular weight excluding hydrogens is 179 g/mol. The second-order valence-corrected chi connectivity index (χ2v) is 2.72. The Morgan fingerprint density at radius 3 is 2.93 bits per heavy atom. The van der Waals surface area contributed by atoms with Gasteiger partial charge in [0.25, 0.3) is 0 Å². The lowest BCUT2D eigenvalue weighted by molar-refractivity contribution is 0.622. The highest BCUT2D eigenvalue weighted by Crippen LogP contribution is 2.09. The molecule has 0 heterocycles. The quantitative estimate of drug-likeness (QED) is 0.575. The van der Waals surface area contributed by atoms with Gasteiger partial charge in [0, 0.05) is 6.54 Å². The molecular formula is C11H9FN2. The molecule has 0 atom stereocenters. The minimum Gasteiger partial charge on any atom is -0.302 e. The van der Waals surface area contributed by atoms with E-state index in [9.17, 15) is 4.39 Å². The number of hydrogen-bond acceptors (Lipinski definition) is 2. The number of benzene rings is 1. The Labute approximate surface area is 82.4 Å². The molecule has 0 saturated carbocycles. The summed E-state index contributed by atoms with van der Waals surface area (Å²) in [5.41, 5.74) is 1.10. The number of hydrogen-bond donors (Lipinski definition) is 1. The van der Waals surface area contributed by atoms with Gasteiger partial charge in [-0.1, -0.05) is 5.92 Å². The highest BCUT2D eigenvalue weighted by Gasteiger charge is 2.02. The summed E-state index contributed by atoms with van der Waals surface area (Å²) in [6.45, 7) is 0.812. The van der Waals surface area contributed by atoms with Crippen molar-refractivity contribution in [1.29, 1.82) is 5.26 Å². The van der Waals surface area contributed by atoms with Crippen LogP contribution >= 0.6 is 0 Å². The Bertz CT molecular complexity index is 399. The standard InChI is InChI=1S/C11H9FN2/c1-2-5-14-8-10-6-11(12)4-3-9(10)7-13/h1,3-4,6,14H,5,8H2. The van der Waals surface area contributed by atoms with Crippen molar-refractivity contribution in [2.24, 2.45) is 0 Å². The second-order valence-electron chi connectivity index (χ2n) is 2.72. The first-order valence-corrected chi connectivity index (χ1v) is 4.10. The highest BCUT2D eigenvalue weighted by atomic mass is 19.1. The lowest BCUT2D eigenvalue weighted by Crippen LogP contribution is -2.14. The van der Waals surface area contributed by atoms with Gasteiger partial charge in [-0.3, -0.25) is 0 Å². The van der Waals surface area contributed by atoms with Crippen LogP contribution in [0.15, 0.2) is 18.2 Å². The Morgan fingerprint density at radius 1 is 1.50 bits per heavy atom. The molecule has 3 heteroatoms. The summed E-state index contributed by atoms with van der Waals surface area (Å²) in [6.07, 6.45) is 5.04. The van der Waals surface area contributed by atoms with Crippen LogP contribution in [0.25, 0.3) is 0 Å². The largest absolute Gasteiger partial charge is 0.302 e. The monoisotopic (exact) mass is 188 g/mol. The van der Waals surface area contributed by atoms with E-state index in [-0.39, 0.29) is 5.82 Å². The van der Waals surface area contributed by atoms with Crippen LogP contribution in [0.2, 0.25) is 0 Å². The number of nitrogens with one attached hydrogen (secondary N) is 1. The molecule has 0 aliphatic heterocycles. The van der Waals surface area contributed by atoms with Crippen molar-refractivity contribution < 1.29 is 4.39 Å². The zero-order valence-electron chi connectivity index (χ0n) is 7.55. The van der Waals surface area contributed by atoms with Gasteiger partial charge in [-0.25, -0.2) is 4.39 Å². The average molecular weight is 188 g/mol. The van der Waals surface area contributed by atoms with E-state index in [1.165, 1.54) is 18.2 Å². The summed E-state index contributed by atoms with van der Waals surface area (Å²) in [5, 5.41) is 11.6. The SMILES string of the molecule is C#CCNCc1cc(F)ccc1C#N. The van der Waals surface area contributed by atoms with Gasteiger partial charge in [-0.2, -0.15) is 5.26 Å². The van der Waals surface area contributed by atoms with Crippen LogP contribution in [0.5, 0.6) is 0 Å². The Balaban J connectivity index is 2.80. The number of nitriles is 1. The van der Waals surface area contributed by atoms with E-state index < -0.39 is 0 Å². The molecule has 0 fully saturated rings. The second kappa shape index (κ2) is 5.01. The molecule has 2 nitrogen and oxygen atoms in total. The Kier molecular flexibility index (Phi) is 3.67. The molecule has 0 aromatic heterocycles. The van der Waals surface area contributed by atoms with Gasteiger partial charge in [0.1, 0.15) is 5.82 Å². The van der Waals surface area contributed by atoms with E-state index in [0.717, 1.165) is 0 Å². The fourth-order valence-electron chi connectivity index (χ4n) is 1.09. The molecule has 1 aromatic rings. The van der Waals surface area contributed by atoms with Gasteiger partial charge in [0.05, 0.1) is 18.2 Å². The molecule has 1 N–H and O–H groups in total. The zero-order valence-corrected chi connectivity index (χ0v) is 7.55. The number of halogens is 1. The lowest BCUT2D eigenvalue weighted by Gasteiger charge is -2.03. The fraction of sp³-hybridized carbons (Fsp3) is 0.182. The molecule has 0 aliphatic rings. The molecule has 70 valence electrons. The van der Waals surface area contributed by atoms with Gasteiger partial charge < -0.3 is 5.32 Å². The Morgan fingerprint density at radius 2 is 2.29 bits per heavy atom. The van der Waals surface area contributed by atoms with Gasteiger partial charge in [0.15, 0.2) is 0 Å². The van der Waals surface area contributed by atoms with Crippen LogP contribution in [-0.4, -0.2) is 6.54 Å². The Hall–Kier alpha value is -1.84. The summed E-state index contributed by atoms with van der Waals surface area (Å²) in [4.78, 5) is 0. The number of rotatable bonds is 3. The van der Waals surface area contributed by atoms with E-state index in [1.807, 2.05) is 6.07 Å². The van der Waals surface area contributed by atoms with Crippen LogP contribution in [0, 0.1) is 29.5 Å². The molecule has 0 bridgehead atoms. The molecule has 0 saturated heterocycles. The van der Waals surface area contributed by atoms with Crippen molar-refractivity contribution in [3.63, 3.8) is 0 Å². The predicted octanol–water partition coefficient (Wildman–Crippen LogP) is 1.42. The van der Waals surface area contributed by atoms with Crippen molar-refractivity contribution in [3.8, 4) is 18.4 Å². The van der Waals surface area contributed by atoms with E-state index in [0.29, 0.717) is 24.2 Å². The normalized spacial score (nSPS) is 9.07. The number of nitrogens with zero attached hydrogens (tertiary/aromatic N) is 1. The summed E-state index contributed by atoms with van der Waals surface area (Å²) >= 11 is 0. The number of terminal acetylenes is 1. The zero-order chi connectivity index (χ0) is 10.4. The maximum absolute atomic E-state index is 12.8. The lowest BCUT2D eigenvalue weighted by atomic mass is 10.1. The summed E-state index contributed by atoms with van der Waals surface area (Å²) in [7, 11) is 0. The third kappa shape index (κ3) is 2.58. The highest BCUT2D eigenvalue weighted by molar-refractivity contribution is 5.37. The summed E-state index contributed by atoms with van der Waals surface area (Å²) < 4.78 is 12.8. The predicted molar refractivity (Wildman–Crippen MR) is 51.7 cm³/mol. The maximum Gasteiger partial charge on any atom is 0.123 e. The third-order valence-electron chi connectivity index (χ3n) is 1.73. The van der Waals surface area contributed by atoms with Crippen LogP contribution in [0.1, 0.15) is 11.1 Å². The smallest absolute Gasteiger partial charge is 0.123 e. The average Bonchev–Trinajstić information content (AvgIpc) is 2.19. The van der Waals surface area contributed by atoms with E-state index in [4.69, 9.17) is 11.7 Å².